The second-order valence-electron chi connectivity index (χ2n) is 5.05. The van der Waals surface area contributed by atoms with E-state index in [1.165, 1.54) is 0 Å². The Morgan fingerprint density at radius 1 is 1.00 bits per heavy atom. The van der Waals surface area contributed by atoms with E-state index in [-0.39, 0.29) is 37.9 Å². The fraction of sp³-hybridized carbons (Fsp3) is 0.786. The van der Waals surface area contributed by atoms with Gasteiger partial charge in [-0.05, 0) is 27.2 Å². The summed E-state index contributed by atoms with van der Waals surface area (Å²) in [6.07, 6.45) is 0.813. The molecule has 0 heterocycles. The number of carbonyl (C=O) groups is 3. The predicted octanol–water partition coefficient (Wildman–Crippen LogP) is 1.43. The molecule has 116 valence electrons. The van der Waals surface area contributed by atoms with E-state index in [1.54, 1.807) is 13.8 Å². The number of amides is 1. The van der Waals surface area contributed by atoms with E-state index < -0.39 is 11.4 Å². The van der Waals surface area contributed by atoms with Crippen molar-refractivity contribution in [2.75, 3.05) is 19.8 Å². The van der Waals surface area contributed by atoms with E-state index >= 15 is 0 Å². The molecule has 0 bridgehead atoms. The molecule has 6 nitrogen and oxygen atoms in total. The van der Waals surface area contributed by atoms with Gasteiger partial charge in [-0.1, -0.05) is 6.92 Å². The van der Waals surface area contributed by atoms with Crippen LogP contribution in [-0.4, -0.2) is 37.6 Å². The monoisotopic (exact) mass is 287 g/mol. The summed E-state index contributed by atoms with van der Waals surface area (Å²) in [5.41, 5.74) is -0.526. The summed E-state index contributed by atoms with van der Waals surface area (Å²) < 4.78 is 9.89. The molecule has 0 radical (unpaired) electrons. The fourth-order valence-electron chi connectivity index (χ4n) is 1.20. The van der Waals surface area contributed by atoms with Gasteiger partial charge in [-0.25, -0.2) is 0 Å². The lowest BCUT2D eigenvalue weighted by molar-refractivity contribution is -0.159. The number of esters is 2. The van der Waals surface area contributed by atoms with Crippen LogP contribution in [0, 0.1) is 5.41 Å². The average molecular weight is 287 g/mol. The van der Waals surface area contributed by atoms with Crippen LogP contribution in [0.2, 0.25) is 0 Å². The molecule has 6 heteroatoms. The van der Waals surface area contributed by atoms with Crippen LogP contribution in [0.15, 0.2) is 0 Å². The smallest absolute Gasteiger partial charge is 0.311 e. The van der Waals surface area contributed by atoms with Gasteiger partial charge in [-0.3, -0.25) is 14.4 Å². The van der Waals surface area contributed by atoms with E-state index in [0.29, 0.717) is 13.0 Å². The minimum Gasteiger partial charge on any atom is -0.462 e. The van der Waals surface area contributed by atoms with Crippen LogP contribution in [0.4, 0.5) is 0 Å². The van der Waals surface area contributed by atoms with Crippen molar-refractivity contribution in [1.29, 1.82) is 0 Å². The van der Waals surface area contributed by atoms with Gasteiger partial charge in [0.2, 0.25) is 5.91 Å². The third kappa shape index (κ3) is 7.76. The molecular weight excluding hydrogens is 262 g/mol. The number of rotatable bonds is 9. The first kappa shape index (κ1) is 18.4. The first-order chi connectivity index (χ1) is 9.33. The quantitative estimate of drug-likeness (QED) is 0.512. The van der Waals surface area contributed by atoms with Crippen molar-refractivity contribution in [3.05, 3.63) is 0 Å². The number of hydrogen-bond acceptors (Lipinski definition) is 5. The van der Waals surface area contributed by atoms with Crippen molar-refractivity contribution in [2.24, 2.45) is 5.41 Å². The van der Waals surface area contributed by atoms with E-state index in [9.17, 15) is 14.4 Å². The Morgan fingerprint density at radius 2 is 1.60 bits per heavy atom. The maximum Gasteiger partial charge on any atom is 0.311 e. The molecule has 0 aliphatic carbocycles. The van der Waals surface area contributed by atoms with Gasteiger partial charge in [0.15, 0.2) is 0 Å². The van der Waals surface area contributed by atoms with Crippen LogP contribution in [0.25, 0.3) is 0 Å². The Bertz CT molecular complexity index is 338. The summed E-state index contributed by atoms with van der Waals surface area (Å²) in [5.74, 6) is -0.957. The minimum atomic E-state index is -0.526. The van der Waals surface area contributed by atoms with Gasteiger partial charge in [0.1, 0.15) is 13.2 Å². The van der Waals surface area contributed by atoms with Gasteiger partial charge in [0.25, 0.3) is 0 Å². The summed E-state index contributed by atoms with van der Waals surface area (Å²) in [7, 11) is 0. The van der Waals surface area contributed by atoms with Crippen molar-refractivity contribution in [2.45, 2.75) is 47.0 Å². The van der Waals surface area contributed by atoms with Gasteiger partial charge in [0.05, 0.1) is 11.8 Å². The van der Waals surface area contributed by atoms with Crippen LogP contribution in [0.1, 0.15) is 47.0 Å². The lowest BCUT2D eigenvalue weighted by atomic mass is 9.91. The van der Waals surface area contributed by atoms with Gasteiger partial charge >= 0.3 is 11.9 Å². The normalized spacial score (nSPS) is 10.8. The summed E-state index contributed by atoms with van der Waals surface area (Å²) >= 11 is 0. The van der Waals surface area contributed by atoms with Crippen LogP contribution < -0.4 is 5.32 Å². The van der Waals surface area contributed by atoms with Crippen LogP contribution in [-0.2, 0) is 23.9 Å². The standard InChI is InChI=1S/C14H25NO5/c1-5-14(3,4)13(18)20-10-9-19-12(17)8-7-11(16)15-6-2/h5-10H2,1-4H3,(H,15,16). The molecule has 0 aliphatic rings. The molecule has 1 amide bonds. The maximum absolute atomic E-state index is 11.6. The lowest BCUT2D eigenvalue weighted by Gasteiger charge is -2.20. The first-order valence-corrected chi connectivity index (χ1v) is 6.93. The molecular formula is C14H25NO5. The zero-order chi connectivity index (χ0) is 15.6. The fourth-order valence-corrected chi connectivity index (χ4v) is 1.20. The summed E-state index contributed by atoms with van der Waals surface area (Å²) in [4.78, 5) is 34.0. The van der Waals surface area contributed by atoms with Gasteiger partial charge in [-0.15, -0.1) is 0 Å². The third-order valence-corrected chi connectivity index (χ3v) is 2.95. The van der Waals surface area contributed by atoms with Crippen LogP contribution in [0.5, 0.6) is 0 Å². The van der Waals surface area contributed by atoms with Crippen molar-refractivity contribution < 1.29 is 23.9 Å². The van der Waals surface area contributed by atoms with Gasteiger partial charge in [0, 0.05) is 13.0 Å². The minimum absolute atomic E-state index is 0.0137. The Hall–Kier alpha value is -1.59. The molecule has 0 aromatic carbocycles. The number of carbonyl (C=O) groups excluding carboxylic acids is 3. The molecule has 0 unspecified atom stereocenters. The Morgan fingerprint density at radius 3 is 2.15 bits per heavy atom. The number of nitrogens with one attached hydrogen (secondary N) is 1. The largest absolute Gasteiger partial charge is 0.462 e. The molecule has 0 rings (SSSR count). The number of ether oxygens (including phenoxy) is 2. The van der Waals surface area contributed by atoms with E-state index in [1.807, 2.05) is 13.8 Å². The second kappa shape index (κ2) is 9.34. The van der Waals surface area contributed by atoms with Gasteiger partial charge in [-0.2, -0.15) is 0 Å². The first-order valence-electron chi connectivity index (χ1n) is 6.93. The molecule has 0 aromatic heterocycles. The van der Waals surface area contributed by atoms with Crippen molar-refractivity contribution in [3.63, 3.8) is 0 Å². The lowest BCUT2D eigenvalue weighted by Crippen LogP contribution is -2.27. The Balaban J connectivity index is 3.72. The van der Waals surface area contributed by atoms with Crippen LogP contribution in [0.3, 0.4) is 0 Å². The molecule has 0 spiro atoms. The zero-order valence-electron chi connectivity index (χ0n) is 12.8. The molecule has 0 fully saturated rings. The van der Waals surface area contributed by atoms with E-state index in [0.717, 1.165) is 0 Å². The zero-order valence-corrected chi connectivity index (χ0v) is 12.8. The highest BCUT2D eigenvalue weighted by Crippen LogP contribution is 2.21. The summed E-state index contributed by atoms with van der Waals surface area (Å²) in [6.45, 7) is 7.90. The van der Waals surface area contributed by atoms with E-state index in [4.69, 9.17) is 9.47 Å². The van der Waals surface area contributed by atoms with Crippen molar-refractivity contribution in [1.82, 2.24) is 5.32 Å². The van der Waals surface area contributed by atoms with Crippen molar-refractivity contribution >= 4 is 17.8 Å². The average Bonchev–Trinajstić information content (AvgIpc) is 2.41. The predicted molar refractivity (Wildman–Crippen MR) is 73.9 cm³/mol. The van der Waals surface area contributed by atoms with E-state index in [2.05, 4.69) is 5.32 Å². The van der Waals surface area contributed by atoms with Crippen molar-refractivity contribution in [3.8, 4) is 0 Å². The highest BCUT2D eigenvalue weighted by Gasteiger charge is 2.26. The molecule has 0 saturated heterocycles. The Labute approximate surface area is 120 Å². The second-order valence-corrected chi connectivity index (χ2v) is 5.05. The summed E-state index contributed by atoms with van der Waals surface area (Å²) in [5, 5.41) is 2.59. The Kier molecular flexibility index (Phi) is 8.59. The molecule has 0 aromatic rings. The van der Waals surface area contributed by atoms with Gasteiger partial charge < -0.3 is 14.8 Å². The molecule has 1 N–H and O–H groups in total. The highest BCUT2D eigenvalue weighted by atomic mass is 16.6. The summed E-state index contributed by atoms with van der Waals surface area (Å²) in [6, 6.07) is 0. The third-order valence-electron chi connectivity index (χ3n) is 2.95. The molecule has 20 heavy (non-hydrogen) atoms. The van der Waals surface area contributed by atoms with Crippen LogP contribution >= 0.6 is 0 Å². The molecule has 0 aliphatic heterocycles. The highest BCUT2D eigenvalue weighted by molar-refractivity contribution is 5.81. The topological polar surface area (TPSA) is 81.7 Å². The maximum atomic E-state index is 11.6. The molecule has 0 saturated carbocycles. The SMILES string of the molecule is CCNC(=O)CCC(=O)OCCOC(=O)C(C)(C)CC. The number of hydrogen-bond donors (Lipinski definition) is 1. The molecule has 0 atom stereocenters.